The highest BCUT2D eigenvalue weighted by Gasteiger charge is 2.28. The molecule has 1 nitrogen and oxygen atoms in total. The first-order chi connectivity index (χ1) is 7.79. The Morgan fingerprint density at radius 1 is 1.44 bits per heavy atom. The maximum absolute atomic E-state index is 4.49. The van der Waals surface area contributed by atoms with Crippen molar-refractivity contribution in [3.05, 3.63) is 29.6 Å². The van der Waals surface area contributed by atoms with Crippen LogP contribution in [0.4, 0.5) is 0 Å². The van der Waals surface area contributed by atoms with Gasteiger partial charge in [0, 0.05) is 16.7 Å². The van der Waals surface area contributed by atoms with Crippen LogP contribution in [0.1, 0.15) is 43.9 Å². The van der Waals surface area contributed by atoms with Crippen LogP contribution in [0.15, 0.2) is 18.3 Å². The monoisotopic (exact) mass is 281 g/mol. The second-order valence-corrected chi connectivity index (χ2v) is 5.93. The minimum Gasteiger partial charge on any atom is -0.261 e. The molecule has 0 bridgehead atoms. The molecule has 88 valence electrons. The molecular weight excluding hydrogens is 262 g/mol. The largest absolute Gasteiger partial charge is 0.261 e. The molecule has 1 aliphatic carbocycles. The molecule has 16 heavy (non-hydrogen) atoms. The molecule has 0 amide bonds. The van der Waals surface area contributed by atoms with Crippen molar-refractivity contribution < 1.29 is 0 Å². The molecule has 1 aliphatic rings. The number of aromatic nitrogens is 1. The lowest BCUT2D eigenvalue weighted by Gasteiger charge is -2.07. The van der Waals surface area contributed by atoms with E-state index in [9.17, 15) is 0 Å². The number of hydrogen-bond donors (Lipinski definition) is 0. The molecule has 1 unspecified atom stereocenters. The van der Waals surface area contributed by atoms with Crippen molar-refractivity contribution in [2.24, 2.45) is 5.92 Å². The van der Waals surface area contributed by atoms with Gasteiger partial charge in [0.25, 0.3) is 0 Å². The van der Waals surface area contributed by atoms with Crippen LogP contribution in [-0.4, -0.2) is 9.81 Å². The summed E-state index contributed by atoms with van der Waals surface area (Å²) in [5.41, 5.74) is 2.58. The van der Waals surface area contributed by atoms with E-state index < -0.39 is 0 Å². The van der Waals surface area contributed by atoms with Gasteiger partial charge in [0.2, 0.25) is 0 Å². The van der Waals surface area contributed by atoms with Gasteiger partial charge >= 0.3 is 0 Å². The van der Waals surface area contributed by atoms with Crippen molar-refractivity contribution in [2.75, 3.05) is 0 Å². The maximum atomic E-state index is 4.49. The van der Waals surface area contributed by atoms with Crippen molar-refractivity contribution in [1.82, 2.24) is 4.98 Å². The topological polar surface area (TPSA) is 12.9 Å². The summed E-state index contributed by atoms with van der Waals surface area (Å²) in [5, 5.41) is 0. The number of hydrogen-bond acceptors (Lipinski definition) is 1. The normalized spacial score (nSPS) is 17.4. The molecule has 1 aromatic rings. The van der Waals surface area contributed by atoms with Gasteiger partial charge in [0.1, 0.15) is 0 Å². The molecule has 2 rings (SSSR count). The molecule has 0 spiro atoms. The van der Waals surface area contributed by atoms with Crippen LogP contribution in [0.25, 0.3) is 0 Å². The van der Waals surface area contributed by atoms with Crippen LogP contribution in [0.3, 0.4) is 0 Å². The zero-order chi connectivity index (χ0) is 11.4. The minimum absolute atomic E-state index is 0.752. The number of alkyl halides is 1. The molecule has 1 saturated carbocycles. The van der Waals surface area contributed by atoms with Gasteiger partial charge in [-0.05, 0) is 56.1 Å². The fourth-order valence-corrected chi connectivity index (χ4v) is 2.84. The highest BCUT2D eigenvalue weighted by Crippen LogP contribution is 2.38. The van der Waals surface area contributed by atoms with Gasteiger partial charge in [-0.3, -0.25) is 4.98 Å². The Bertz CT molecular complexity index is 316. The Labute approximate surface area is 107 Å². The number of aryl methyl sites for hydroxylation is 2. The predicted octanol–water partition coefficient (Wildman–Crippen LogP) is 4.14. The molecule has 0 aromatic carbocycles. The molecule has 1 atom stereocenters. The Morgan fingerprint density at radius 3 is 2.81 bits per heavy atom. The quantitative estimate of drug-likeness (QED) is 0.715. The first-order valence-corrected chi connectivity index (χ1v) is 7.29. The van der Waals surface area contributed by atoms with Crippen molar-refractivity contribution >= 4 is 15.9 Å². The van der Waals surface area contributed by atoms with Crippen molar-refractivity contribution in [3.8, 4) is 0 Å². The summed E-state index contributed by atoms with van der Waals surface area (Å²) in [6, 6.07) is 4.38. The lowest BCUT2D eigenvalue weighted by atomic mass is 10.1. The first kappa shape index (κ1) is 12.1. The third kappa shape index (κ3) is 3.58. The lowest BCUT2D eigenvalue weighted by molar-refractivity contribution is 0.648. The van der Waals surface area contributed by atoms with Crippen LogP contribution in [-0.2, 0) is 12.8 Å². The minimum atomic E-state index is 0.752. The number of pyridine rings is 1. The molecule has 1 fully saturated rings. The van der Waals surface area contributed by atoms with Crippen LogP contribution in [0, 0.1) is 5.92 Å². The average molecular weight is 282 g/mol. The molecule has 1 aromatic heterocycles. The Kier molecular flexibility index (Phi) is 4.39. The molecule has 0 saturated heterocycles. The molecule has 0 aliphatic heterocycles. The van der Waals surface area contributed by atoms with Gasteiger partial charge in [0.15, 0.2) is 0 Å². The van der Waals surface area contributed by atoms with E-state index in [-0.39, 0.29) is 0 Å². The predicted molar refractivity (Wildman–Crippen MR) is 72.0 cm³/mol. The van der Waals surface area contributed by atoms with Crippen molar-refractivity contribution in [3.63, 3.8) is 0 Å². The molecule has 1 heterocycles. The Balaban J connectivity index is 1.71. The number of rotatable bonds is 6. The molecule has 0 N–H and O–H groups in total. The van der Waals surface area contributed by atoms with Gasteiger partial charge in [-0.1, -0.05) is 28.9 Å². The van der Waals surface area contributed by atoms with Gasteiger partial charge in [-0.2, -0.15) is 0 Å². The van der Waals surface area contributed by atoms with Gasteiger partial charge in [-0.15, -0.1) is 0 Å². The summed E-state index contributed by atoms with van der Waals surface area (Å²) in [5.74, 6) is 0.968. The van der Waals surface area contributed by atoms with Crippen molar-refractivity contribution in [1.29, 1.82) is 0 Å². The summed E-state index contributed by atoms with van der Waals surface area (Å²) in [4.78, 5) is 5.24. The van der Waals surface area contributed by atoms with Crippen LogP contribution in [0.5, 0.6) is 0 Å². The van der Waals surface area contributed by atoms with E-state index in [0.29, 0.717) is 0 Å². The van der Waals surface area contributed by atoms with E-state index in [2.05, 4.69) is 40.0 Å². The fraction of sp³-hybridized carbons (Fsp3) is 0.643. The summed E-state index contributed by atoms with van der Waals surface area (Å²) in [7, 11) is 0. The highest BCUT2D eigenvalue weighted by molar-refractivity contribution is 9.09. The Morgan fingerprint density at radius 2 is 2.25 bits per heavy atom. The smallest absolute Gasteiger partial charge is 0.0403 e. The molecule has 0 radical (unpaired) electrons. The van der Waals surface area contributed by atoms with Crippen molar-refractivity contribution in [2.45, 2.75) is 50.3 Å². The first-order valence-electron chi connectivity index (χ1n) is 6.37. The van der Waals surface area contributed by atoms with E-state index in [1.165, 1.54) is 36.9 Å². The van der Waals surface area contributed by atoms with Gasteiger partial charge < -0.3 is 0 Å². The average Bonchev–Trinajstić information content (AvgIpc) is 3.14. The fourth-order valence-electron chi connectivity index (χ4n) is 1.98. The standard InChI is InChI=1S/C14H20BrN/c1-2-11-6-9-13(16-10-11)4-3-5-14(15)12-7-8-12/h6,9-10,12,14H,2-5,7-8H2,1H3. The van der Waals surface area contributed by atoms with E-state index in [1.807, 2.05) is 6.20 Å². The number of halogens is 1. The maximum Gasteiger partial charge on any atom is 0.0403 e. The SMILES string of the molecule is CCc1ccc(CCCC(Br)C2CC2)nc1. The third-order valence-electron chi connectivity index (χ3n) is 3.34. The Hall–Kier alpha value is -0.370. The van der Waals surface area contributed by atoms with Crippen LogP contribution < -0.4 is 0 Å². The molecular formula is C14H20BrN. The van der Waals surface area contributed by atoms with Gasteiger partial charge in [0.05, 0.1) is 0 Å². The summed E-state index contributed by atoms with van der Waals surface area (Å²) < 4.78 is 0. The van der Waals surface area contributed by atoms with E-state index in [0.717, 1.165) is 23.6 Å². The van der Waals surface area contributed by atoms with Crippen LogP contribution in [0.2, 0.25) is 0 Å². The van der Waals surface area contributed by atoms with E-state index in [4.69, 9.17) is 0 Å². The van der Waals surface area contributed by atoms with E-state index in [1.54, 1.807) is 0 Å². The number of nitrogens with zero attached hydrogens (tertiary/aromatic N) is 1. The zero-order valence-electron chi connectivity index (χ0n) is 9.95. The molecule has 2 heteroatoms. The summed E-state index contributed by atoms with van der Waals surface area (Å²) in [6.45, 7) is 2.17. The zero-order valence-corrected chi connectivity index (χ0v) is 11.5. The summed E-state index contributed by atoms with van der Waals surface area (Å²) in [6.07, 6.45) is 9.63. The highest BCUT2D eigenvalue weighted by atomic mass is 79.9. The third-order valence-corrected chi connectivity index (χ3v) is 4.55. The van der Waals surface area contributed by atoms with Crippen LogP contribution >= 0.6 is 15.9 Å². The summed E-state index contributed by atoms with van der Waals surface area (Å²) >= 11 is 3.78. The van der Waals surface area contributed by atoms with E-state index >= 15 is 0 Å². The lowest BCUT2D eigenvalue weighted by Crippen LogP contribution is -2.01. The van der Waals surface area contributed by atoms with Gasteiger partial charge in [-0.25, -0.2) is 0 Å². The second-order valence-electron chi connectivity index (χ2n) is 4.76. The second kappa shape index (κ2) is 5.81.